The van der Waals surface area contributed by atoms with E-state index in [0.717, 1.165) is 51.1 Å². The van der Waals surface area contributed by atoms with E-state index in [1.165, 1.54) is 42.5 Å². The number of hydrogen-bond donors (Lipinski definition) is 0. The van der Waals surface area contributed by atoms with Gasteiger partial charge in [0, 0.05) is 44.4 Å². The third-order valence-corrected chi connectivity index (χ3v) is 6.58. The number of amides is 1. The summed E-state index contributed by atoms with van der Waals surface area (Å²) in [6.07, 6.45) is 8.84. The minimum absolute atomic E-state index is 0.0367. The van der Waals surface area contributed by atoms with Crippen LogP contribution in [0, 0.1) is 0 Å². The van der Waals surface area contributed by atoms with Gasteiger partial charge in [0.1, 0.15) is 5.76 Å². The fourth-order valence-corrected chi connectivity index (χ4v) is 4.75. The molecule has 0 unspecified atom stereocenters. The summed E-state index contributed by atoms with van der Waals surface area (Å²) in [5.74, 6) is 0.747. The monoisotopic (exact) mass is 459 g/mol. The van der Waals surface area contributed by atoms with Gasteiger partial charge in [-0.3, -0.25) is 4.79 Å². The molecule has 0 radical (unpaired) electrons. The van der Waals surface area contributed by atoms with Gasteiger partial charge in [-0.1, -0.05) is 86.3 Å². The van der Waals surface area contributed by atoms with Crippen LogP contribution in [0.2, 0.25) is 0 Å². The Morgan fingerprint density at radius 1 is 0.912 bits per heavy atom. The molecule has 5 nitrogen and oxygen atoms in total. The van der Waals surface area contributed by atoms with Crippen molar-refractivity contribution < 1.29 is 9.32 Å². The maximum absolute atomic E-state index is 13.5. The molecule has 0 N–H and O–H groups in total. The fourth-order valence-electron chi connectivity index (χ4n) is 4.75. The Morgan fingerprint density at radius 3 is 2.41 bits per heavy atom. The average Bonchev–Trinajstić information content (AvgIpc) is 3.33. The first-order valence-electron chi connectivity index (χ1n) is 12.9. The number of anilines is 1. The van der Waals surface area contributed by atoms with Crippen molar-refractivity contribution >= 4 is 11.6 Å². The molecule has 180 valence electrons. The summed E-state index contributed by atoms with van der Waals surface area (Å²) in [5, 5.41) is 4.10. The van der Waals surface area contributed by atoms with Crippen LogP contribution in [0.15, 0.2) is 65.2 Å². The summed E-state index contributed by atoms with van der Waals surface area (Å²) in [6, 6.07) is 21.0. The molecule has 4 rings (SSSR count). The topological polar surface area (TPSA) is 49.6 Å². The van der Waals surface area contributed by atoms with Crippen LogP contribution >= 0.6 is 0 Å². The Balaban J connectivity index is 1.61. The zero-order valence-electron chi connectivity index (χ0n) is 20.4. The van der Waals surface area contributed by atoms with E-state index in [-0.39, 0.29) is 5.91 Å². The van der Waals surface area contributed by atoms with Crippen LogP contribution in [0.1, 0.15) is 79.2 Å². The summed E-state index contributed by atoms with van der Waals surface area (Å²) in [6.45, 7) is 5.30. The highest BCUT2D eigenvalue weighted by atomic mass is 16.5. The Bertz CT molecular complexity index is 1030. The predicted octanol–water partition coefficient (Wildman–Crippen LogP) is 6.63. The number of benzene rings is 2. The van der Waals surface area contributed by atoms with Crippen molar-refractivity contribution in [1.29, 1.82) is 0 Å². The smallest absolute Gasteiger partial charge is 0.276 e. The number of para-hydroxylation sites is 1. The molecule has 1 amide bonds. The molecule has 0 saturated heterocycles. The molecule has 0 saturated carbocycles. The van der Waals surface area contributed by atoms with Crippen LogP contribution in [0.4, 0.5) is 5.69 Å². The zero-order valence-corrected chi connectivity index (χ0v) is 20.4. The molecule has 0 atom stereocenters. The second-order valence-electron chi connectivity index (χ2n) is 9.31. The van der Waals surface area contributed by atoms with Crippen molar-refractivity contribution in [3.8, 4) is 0 Å². The van der Waals surface area contributed by atoms with Crippen LogP contribution in [-0.2, 0) is 19.5 Å². The number of aryl methyl sites for hydroxylation is 1. The number of carbonyl (C=O) groups excluding carboxylic acids is 1. The highest BCUT2D eigenvalue weighted by molar-refractivity contribution is 5.92. The summed E-state index contributed by atoms with van der Waals surface area (Å²) in [7, 11) is 0. The lowest BCUT2D eigenvalue weighted by atomic mass is 10.1. The van der Waals surface area contributed by atoms with E-state index in [4.69, 9.17) is 4.52 Å². The van der Waals surface area contributed by atoms with E-state index in [0.29, 0.717) is 12.2 Å². The van der Waals surface area contributed by atoms with Gasteiger partial charge in [-0.25, -0.2) is 0 Å². The standard InChI is InChI=1S/C29H37N3O2/c1-2-14-26-21-27(30-34-26)29(33)32-20-13-6-4-3-5-12-19-31(22-24-15-8-7-9-16-24)28-18-11-10-17-25(28)23-32/h7-11,15-18,21H,2-6,12-14,19-20,22-23H2,1H3. The van der Waals surface area contributed by atoms with Gasteiger partial charge in [-0.05, 0) is 36.5 Å². The van der Waals surface area contributed by atoms with Gasteiger partial charge in [0.25, 0.3) is 5.91 Å². The molecule has 5 heteroatoms. The van der Waals surface area contributed by atoms with E-state index < -0.39 is 0 Å². The number of rotatable bonds is 5. The lowest BCUT2D eigenvalue weighted by molar-refractivity contribution is 0.0729. The van der Waals surface area contributed by atoms with Crippen molar-refractivity contribution in [2.24, 2.45) is 0 Å². The highest BCUT2D eigenvalue weighted by Crippen LogP contribution is 2.26. The molecule has 0 bridgehead atoms. The van der Waals surface area contributed by atoms with Crippen LogP contribution < -0.4 is 4.90 Å². The maximum Gasteiger partial charge on any atom is 0.276 e. The molecule has 34 heavy (non-hydrogen) atoms. The normalized spacial score (nSPS) is 15.7. The summed E-state index contributed by atoms with van der Waals surface area (Å²) in [5.41, 5.74) is 4.13. The number of nitrogens with zero attached hydrogens (tertiary/aromatic N) is 3. The second kappa shape index (κ2) is 12.4. The Labute approximate surface area is 203 Å². The first-order valence-corrected chi connectivity index (χ1v) is 12.9. The predicted molar refractivity (Wildman–Crippen MR) is 137 cm³/mol. The van der Waals surface area contributed by atoms with E-state index in [2.05, 4.69) is 71.6 Å². The molecule has 1 aromatic heterocycles. The molecule has 1 aliphatic heterocycles. The SMILES string of the molecule is CCCc1cc(C(=O)N2CCCCCCCCN(Cc3ccccc3)c3ccccc3C2)no1. The lowest BCUT2D eigenvalue weighted by Crippen LogP contribution is -2.33. The van der Waals surface area contributed by atoms with Crippen molar-refractivity contribution in [2.45, 2.75) is 71.4 Å². The molecule has 1 aliphatic rings. The van der Waals surface area contributed by atoms with E-state index in [1.807, 2.05) is 11.0 Å². The first kappa shape index (κ1) is 24.1. The summed E-state index contributed by atoms with van der Waals surface area (Å²) >= 11 is 0. The van der Waals surface area contributed by atoms with Gasteiger partial charge in [0.15, 0.2) is 5.69 Å². The number of carbonyl (C=O) groups is 1. The van der Waals surface area contributed by atoms with Gasteiger partial charge in [-0.15, -0.1) is 0 Å². The van der Waals surface area contributed by atoms with Gasteiger partial charge < -0.3 is 14.3 Å². The molecule has 0 aliphatic carbocycles. The third-order valence-electron chi connectivity index (χ3n) is 6.58. The zero-order chi connectivity index (χ0) is 23.6. The second-order valence-corrected chi connectivity index (χ2v) is 9.31. The largest absolute Gasteiger partial charge is 0.367 e. The molecule has 3 aromatic rings. The van der Waals surface area contributed by atoms with Crippen molar-refractivity contribution in [3.05, 3.63) is 83.2 Å². The highest BCUT2D eigenvalue weighted by Gasteiger charge is 2.22. The first-order chi connectivity index (χ1) is 16.7. The summed E-state index contributed by atoms with van der Waals surface area (Å²) in [4.78, 5) is 17.9. The van der Waals surface area contributed by atoms with Gasteiger partial charge >= 0.3 is 0 Å². The quantitative estimate of drug-likeness (QED) is 0.430. The van der Waals surface area contributed by atoms with Crippen LogP contribution in [0.3, 0.4) is 0 Å². The third kappa shape index (κ3) is 6.49. The number of hydrogen-bond acceptors (Lipinski definition) is 4. The van der Waals surface area contributed by atoms with Crippen LogP contribution in [-0.4, -0.2) is 29.1 Å². The lowest BCUT2D eigenvalue weighted by Gasteiger charge is -2.29. The van der Waals surface area contributed by atoms with Crippen molar-refractivity contribution in [1.82, 2.24) is 10.1 Å². The van der Waals surface area contributed by atoms with Gasteiger partial charge in [0.05, 0.1) is 0 Å². The van der Waals surface area contributed by atoms with Crippen molar-refractivity contribution in [2.75, 3.05) is 18.0 Å². The molecule has 2 aromatic carbocycles. The summed E-state index contributed by atoms with van der Waals surface area (Å²) < 4.78 is 5.42. The van der Waals surface area contributed by atoms with Gasteiger partial charge in [0.2, 0.25) is 0 Å². The van der Waals surface area contributed by atoms with Crippen LogP contribution in [0.5, 0.6) is 0 Å². The number of aromatic nitrogens is 1. The Kier molecular flexibility index (Phi) is 8.78. The minimum atomic E-state index is -0.0367. The fraction of sp³-hybridized carbons (Fsp3) is 0.448. The molecular weight excluding hydrogens is 422 g/mol. The van der Waals surface area contributed by atoms with Gasteiger partial charge in [-0.2, -0.15) is 0 Å². The van der Waals surface area contributed by atoms with Crippen LogP contribution in [0.25, 0.3) is 0 Å². The Morgan fingerprint density at radius 2 is 1.62 bits per heavy atom. The van der Waals surface area contributed by atoms with Crippen molar-refractivity contribution in [3.63, 3.8) is 0 Å². The maximum atomic E-state index is 13.5. The molecule has 0 spiro atoms. The average molecular weight is 460 g/mol. The minimum Gasteiger partial charge on any atom is -0.367 e. The van der Waals surface area contributed by atoms with E-state index >= 15 is 0 Å². The molecule has 0 fully saturated rings. The molecular formula is C29H37N3O2. The molecule has 2 heterocycles. The number of fused-ring (bicyclic) bond motifs is 1. The Hall–Kier alpha value is -3.08. The van der Waals surface area contributed by atoms with E-state index in [1.54, 1.807) is 0 Å². The van der Waals surface area contributed by atoms with E-state index in [9.17, 15) is 4.79 Å².